The molecule has 0 saturated carbocycles. The molecule has 42 heavy (non-hydrogen) atoms. The SMILES string of the molecule is CNc1cc(-c2cncnc2Nc2cc(C(=O)Nc3cc(C(F)(F)F)ccc3N3CCN(C)CC3)ccc2C)ncn1. The normalized spacial score (nSPS) is 14.0. The topological polar surface area (TPSA) is 111 Å². The van der Waals surface area contributed by atoms with Gasteiger partial charge in [0, 0.05) is 56.7 Å². The zero-order valence-electron chi connectivity index (χ0n) is 23.3. The van der Waals surface area contributed by atoms with Crippen molar-refractivity contribution >= 4 is 34.6 Å². The highest BCUT2D eigenvalue weighted by atomic mass is 19.4. The number of carbonyl (C=O) groups is 1. The lowest BCUT2D eigenvalue weighted by molar-refractivity contribution is -0.137. The van der Waals surface area contributed by atoms with Gasteiger partial charge in [0.15, 0.2) is 0 Å². The Kier molecular flexibility index (Phi) is 8.20. The highest BCUT2D eigenvalue weighted by Gasteiger charge is 2.32. The molecule has 5 rings (SSSR count). The predicted molar refractivity (Wildman–Crippen MR) is 156 cm³/mol. The van der Waals surface area contributed by atoms with Crippen LogP contribution in [0.15, 0.2) is 61.3 Å². The fourth-order valence-electron chi connectivity index (χ4n) is 4.61. The lowest BCUT2D eigenvalue weighted by Gasteiger charge is -2.35. The maximum atomic E-state index is 13.6. The van der Waals surface area contributed by atoms with Crippen molar-refractivity contribution < 1.29 is 18.0 Å². The van der Waals surface area contributed by atoms with Crippen LogP contribution in [0.25, 0.3) is 11.3 Å². The van der Waals surface area contributed by atoms with Crippen LogP contribution in [-0.4, -0.2) is 71.0 Å². The van der Waals surface area contributed by atoms with Gasteiger partial charge >= 0.3 is 6.18 Å². The van der Waals surface area contributed by atoms with E-state index in [0.29, 0.717) is 47.4 Å². The number of likely N-dealkylation sites (N-methyl/N-ethyl adjacent to an activating group) is 1. The molecule has 1 amide bonds. The van der Waals surface area contributed by atoms with E-state index in [1.165, 1.54) is 18.7 Å². The van der Waals surface area contributed by atoms with Crippen LogP contribution in [0.5, 0.6) is 0 Å². The quantitative estimate of drug-likeness (QED) is 0.278. The minimum atomic E-state index is -4.55. The Balaban J connectivity index is 1.43. The second kappa shape index (κ2) is 12.0. The Labute approximate surface area is 241 Å². The Morgan fingerprint density at radius 2 is 1.71 bits per heavy atom. The number of hydrogen-bond donors (Lipinski definition) is 3. The lowest BCUT2D eigenvalue weighted by Crippen LogP contribution is -2.44. The van der Waals surface area contributed by atoms with Crippen molar-refractivity contribution in [2.24, 2.45) is 0 Å². The van der Waals surface area contributed by atoms with Crippen molar-refractivity contribution in [3.8, 4) is 11.3 Å². The Morgan fingerprint density at radius 1 is 0.929 bits per heavy atom. The number of rotatable bonds is 7. The van der Waals surface area contributed by atoms with Gasteiger partial charge in [-0.15, -0.1) is 0 Å². The smallest absolute Gasteiger partial charge is 0.373 e. The first-order chi connectivity index (χ1) is 20.1. The van der Waals surface area contributed by atoms with E-state index in [2.05, 4.69) is 40.8 Å². The number of piperazine rings is 1. The van der Waals surface area contributed by atoms with Crippen LogP contribution in [0.4, 0.5) is 41.9 Å². The standard InChI is InChI=1S/C29H30F3N9O/c1-18-4-5-19(12-22(18)38-27-21(15-34-16-37-27)23-14-26(33-2)36-17-35-23)28(42)39-24-13-20(29(30,31)32)6-7-25(24)41-10-8-40(3)9-11-41/h4-7,12-17H,8-11H2,1-3H3,(H,39,42)(H,33,35,36)(H,34,37,38). The maximum absolute atomic E-state index is 13.6. The van der Waals surface area contributed by atoms with Gasteiger partial charge in [0.25, 0.3) is 5.91 Å². The van der Waals surface area contributed by atoms with Crippen LogP contribution in [0.2, 0.25) is 0 Å². The molecule has 10 nitrogen and oxygen atoms in total. The molecule has 1 aliphatic heterocycles. The molecule has 2 aromatic carbocycles. The number of nitrogens with one attached hydrogen (secondary N) is 3. The fourth-order valence-corrected chi connectivity index (χ4v) is 4.61. The number of anilines is 5. The molecule has 3 heterocycles. The van der Waals surface area contributed by atoms with E-state index in [1.54, 1.807) is 37.5 Å². The summed E-state index contributed by atoms with van der Waals surface area (Å²) < 4.78 is 40.8. The molecule has 0 radical (unpaired) electrons. The molecule has 4 aromatic rings. The molecule has 1 fully saturated rings. The van der Waals surface area contributed by atoms with Crippen molar-refractivity contribution in [2.75, 3.05) is 61.1 Å². The van der Waals surface area contributed by atoms with E-state index in [0.717, 1.165) is 30.8 Å². The molecule has 0 bridgehead atoms. The predicted octanol–water partition coefficient (Wildman–Crippen LogP) is 5.05. The third kappa shape index (κ3) is 6.41. The monoisotopic (exact) mass is 577 g/mol. The number of aromatic nitrogens is 4. The molecule has 13 heteroatoms. The molecule has 2 aromatic heterocycles. The van der Waals surface area contributed by atoms with E-state index < -0.39 is 17.6 Å². The minimum absolute atomic E-state index is 0.108. The van der Waals surface area contributed by atoms with Gasteiger partial charge in [0.1, 0.15) is 24.3 Å². The Bertz CT molecular complexity index is 1590. The second-order valence-electron chi connectivity index (χ2n) is 9.95. The van der Waals surface area contributed by atoms with Gasteiger partial charge in [0.2, 0.25) is 0 Å². The maximum Gasteiger partial charge on any atom is 0.416 e. The van der Waals surface area contributed by atoms with Crippen LogP contribution in [0, 0.1) is 6.92 Å². The van der Waals surface area contributed by atoms with E-state index in [1.807, 2.05) is 18.9 Å². The molecular formula is C29H30F3N9O. The van der Waals surface area contributed by atoms with Crippen LogP contribution >= 0.6 is 0 Å². The van der Waals surface area contributed by atoms with Gasteiger partial charge < -0.3 is 25.8 Å². The number of benzene rings is 2. The largest absolute Gasteiger partial charge is 0.416 e. The molecule has 0 aliphatic carbocycles. The van der Waals surface area contributed by atoms with Crippen LogP contribution in [-0.2, 0) is 6.18 Å². The summed E-state index contributed by atoms with van der Waals surface area (Å²) >= 11 is 0. The average Bonchev–Trinajstić information content (AvgIpc) is 2.98. The summed E-state index contributed by atoms with van der Waals surface area (Å²) in [6.45, 7) is 4.65. The highest BCUT2D eigenvalue weighted by molar-refractivity contribution is 6.06. The van der Waals surface area contributed by atoms with Crippen LogP contribution in [0.1, 0.15) is 21.5 Å². The van der Waals surface area contributed by atoms with E-state index in [-0.39, 0.29) is 11.3 Å². The van der Waals surface area contributed by atoms with Crippen molar-refractivity contribution in [3.05, 3.63) is 78.0 Å². The third-order valence-corrected chi connectivity index (χ3v) is 7.08. The van der Waals surface area contributed by atoms with E-state index in [4.69, 9.17) is 0 Å². The Hall–Kier alpha value is -4.78. The molecule has 3 N–H and O–H groups in total. The van der Waals surface area contributed by atoms with E-state index >= 15 is 0 Å². The number of carbonyl (C=O) groups excluding carboxylic acids is 1. The van der Waals surface area contributed by atoms with E-state index in [9.17, 15) is 18.0 Å². The van der Waals surface area contributed by atoms with Gasteiger partial charge in [-0.05, 0) is 49.9 Å². The lowest BCUT2D eigenvalue weighted by atomic mass is 10.1. The number of halogens is 3. The summed E-state index contributed by atoms with van der Waals surface area (Å²) in [5.41, 5.74) is 2.71. The van der Waals surface area contributed by atoms with Crippen molar-refractivity contribution in [3.63, 3.8) is 0 Å². The van der Waals surface area contributed by atoms with Gasteiger partial charge in [0.05, 0.1) is 28.2 Å². The molecule has 218 valence electrons. The zero-order valence-corrected chi connectivity index (χ0v) is 23.3. The summed E-state index contributed by atoms with van der Waals surface area (Å²) in [7, 11) is 3.74. The molecule has 0 atom stereocenters. The molecule has 1 saturated heterocycles. The molecule has 0 unspecified atom stereocenters. The van der Waals surface area contributed by atoms with Crippen molar-refractivity contribution in [1.82, 2.24) is 24.8 Å². The molecule has 0 spiro atoms. The highest BCUT2D eigenvalue weighted by Crippen LogP contribution is 2.36. The fraction of sp³-hybridized carbons (Fsp3) is 0.276. The minimum Gasteiger partial charge on any atom is -0.373 e. The first kappa shape index (κ1) is 28.7. The number of nitrogens with zero attached hydrogens (tertiary/aromatic N) is 6. The number of hydrogen-bond acceptors (Lipinski definition) is 9. The number of alkyl halides is 3. The summed E-state index contributed by atoms with van der Waals surface area (Å²) in [4.78, 5) is 34.5. The summed E-state index contributed by atoms with van der Waals surface area (Å²) in [6.07, 6.45) is -0.103. The van der Waals surface area contributed by atoms with Gasteiger partial charge in [-0.1, -0.05) is 6.07 Å². The van der Waals surface area contributed by atoms with Gasteiger partial charge in [-0.25, -0.2) is 19.9 Å². The molecule has 1 aliphatic rings. The first-order valence-corrected chi connectivity index (χ1v) is 13.3. The molecular weight excluding hydrogens is 547 g/mol. The first-order valence-electron chi connectivity index (χ1n) is 13.3. The van der Waals surface area contributed by atoms with Crippen molar-refractivity contribution in [2.45, 2.75) is 13.1 Å². The Morgan fingerprint density at radius 3 is 2.45 bits per heavy atom. The van der Waals surface area contributed by atoms with Gasteiger partial charge in [-0.2, -0.15) is 13.2 Å². The average molecular weight is 578 g/mol. The third-order valence-electron chi connectivity index (χ3n) is 7.08. The number of aryl methyl sites for hydroxylation is 1. The summed E-state index contributed by atoms with van der Waals surface area (Å²) in [6, 6.07) is 10.3. The summed E-state index contributed by atoms with van der Waals surface area (Å²) in [5.74, 6) is 0.543. The zero-order chi connectivity index (χ0) is 29.9. The van der Waals surface area contributed by atoms with Gasteiger partial charge in [-0.3, -0.25) is 4.79 Å². The second-order valence-corrected chi connectivity index (χ2v) is 9.95. The van der Waals surface area contributed by atoms with Crippen LogP contribution < -0.4 is 20.9 Å². The van der Waals surface area contributed by atoms with Crippen molar-refractivity contribution in [1.29, 1.82) is 0 Å². The number of amides is 1. The van der Waals surface area contributed by atoms with Crippen LogP contribution in [0.3, 0.4) is 0 Å². The summed E-state index contributed by atoms with van der Waals surface area (Å²) in [5, 5.41) is 8.96.